The Balaban J connectivity index is 1.73. The molecule has 0 aromatic carbocycles. The van der Waals surface area contributed by atoms with E-state index in [9.17, 15) is 9.59 Å². The second kappa shape index (κ2) is 5.71. The summed E-state index contributed by atoms with van der Waals surface area (Å²) in [5, 5.41) is 6.07. The third-order valence-electron chi connectivity index (χ3n) is 4.43. The first kappa shape index (κ1) is 13.9. The van der Waals surface area contributed by atoms with Gasteiger partial charge in [0.25, 0.3) is 5.91 Å². The number of pyridine rings is 1. The number of piperidine rings is 2. The molecule has 2 atom stereocenters. The molecule has 21 heavy (non-hydrogen) atoms. The SMILES string of the molecule is CNc1ccncc1C(=O)N1CCC2NC(=O)CCC2C1. The standard InChI is InChI=1S/C15H20N4O2/c1-16-13-4-6-17-8-11(13)15(21)19-7-5-12-10(9-19)2-3-14(20)18-12/h4,6,8,10,12H,2-3,5,7,9H2,1H3,(H,16,17)(H,18,20). The van der Waals surface area contributed by atoms with Crippen LogP contribution in [-0.4, -0.2) is 47.9 Å². The van der Waals surface area contributed by atoms with Gasteiger partial charge in [-0.2, -0.15) is 0 Å². The second-order valence-corrected chi connectivity index (χ2v) is 5.68. The molecule has 0 radical (unpaired) electrons. The van der Waals surface area contributed by atoms with Crippen LogP contribution in [0.25, 0.3) is 0 Å². The summed E-state index contributed by atoms with van der Waals surface area (Å²) >= 11 is 0. The summed E-state index contributed by atoms with van der Waals surface area (Å²) in [4.78, 5) is 30.0. The molecule has 2 amide bonds. The molecular formula is C15H20N4O2. The van der Waals surface area contributed by atoms with Gasteiger partial charge < -0.3 is 15.5 Å². The van der Waals surface area contributed by atoms with Gasteiger partial charge >= 0.3 is 0 Å². The van der Waals surface area contributed by atoms with Crippen LogP contribution in [0, 0.1) is 5.92 Å². The van der Waals surface area contributed by atoms with Crippen molar-refractivity contribution in [2.45, 2.75) is 25.3 Å². The van der Waals surface area contributed by atoms with Crippen molar-refractivity contribution in [2.24, 2.45) is 5.92 Å². The van der Waals surface area contributed by atoms with E-state index in [1.54, 1.807) is 25.5 Å². The highest BCUT2D eigenvalue weighted by molar-refractivity contribution is 5.99. The van der Waals surface area contributed by atoms with Crippen LogP contribution >= 0.6 is 0 Å². The van der Waals surface area contributed by atoms with Crippen LogP contribution in [0.4, 0.5) is 5.69 Å². The van der Waals surface area contributed by atoms with Crippen molar-refractivity contribution in [3.05, 3.63) is 24.0 Å². The van der Waals surface area contributed by atoms with E-state index in [0.717, 1.165) is 18.5 Å². The zero-order valence-electron chi connectivity index (χ0n) is 12.1. The van der Waals surface area contributed by atoms with E-state index in [2.05, 4.69) is 15.6 Å². The number of nitrogens with one attached hydrogen (secondary N) is 2. The van der Waals surface area contributed by atoms with Gasteiger partial charge in [0.2, 0.25) is 5.91 Å². The van der Waals surface area contributed by atoms with Gasteiger partial charge in [-0.3, -0.25) is 14.6 Å². The van der Waals surface area contributed by atoms with E-state index < -0.39 is 0 Å². The Morgan fingerprint density at radius 1 is 1.48 bits per heavy atom. The molecule has 2 aliphatic heterocycles. The molecule has 0 aliphatic carbocycles. The third kappa shape index (κ3) is 2.70. The fraction of sp³-hybridized carbons (Fsp3) is 0.533. The monoisotopic (exact) mass is 288 g/mol. The topological polar surface area (TPSA) is 74.3 Å². The van der Waals surface area contributed by atoms with Crippen LogP contribution in [0.5, 0.6) is 0 Å². The van der Waals surface area contributed by atoms with Gasteiger partial charge in [0.15, 0.2) is 0 Å². The molecule has 2 fully saturated rings. The minimum absolute atomic E-state index is 0.0165. The van der Waals surface area contributed by atoms with E-state index in [1.165, 1.54) is 0 Å². The number of amides is 2. The van der Waals surface area contributed by atoms with E-state index in [1.807, 2.05) is 4.90 Å². The lowest BCUT2D eigenvalue weighted by Gasteiger charge is -2.41. The van der Waals surface area contributed by atoms with Crippen LogP contribution in [0.3, 0.4) is 0 Å². The van der Waals surface area contributed by atoms with Gasteiger partial charge in [-0.15, -0.1) is 0 Å². The molecule has 6 nitrogen and oxygen atoms in total. The number of carbonyl (C=O) groups is 2. The summed E-state index contributed by atoms with van der Waals surface area (Å²) in [5.41, 5.74) is 1.41. The van der Waals surface area contributed by atoms with Gasteiger partial charge in [-0.1, -0.05) is 0 Å². The quantitative estimate of drug-likeness (QED) is 0.846. The molecule has 3 heterocycles. The van der Waals surface area contributed by atoms with Gasteiger partial charge in [0.05, 0.1) is 5.56 Å². The number of rotatable bonds is 2. The average Bonchev–Trinajstić information content (AvgIpc) is 2.53. The van der Waals surface area contributed by atoms with Crippen molar-refractivity contribution in [1.82, 2.24) is 15.2 Å². The lowest BCUT2D eigenvalue weighted by molar-refractivity contribution is -0.125. The Bertz CT molecular complexity index is 560. The normalized spacial score (nSPS) is 25.0. The molecule has 0 bridgehead atoms. The van der Waals surface area contributed by atoms with Crippen molar-refractivity contribution in [1.29, 1.82) is 0 Å². The van der Waals surface area contributed by atoms with Crippen LogP contribution in [0.1, 0.15) is 29.6 Å². The highest BCUT2D eigenvalue weighted by atomic mass is 16.2. The largest absolute Gasteiger partial charge is 0.387 e. The Labute approximate surface area is 123 Å². The summed E-state index contributed by atoms with van der Waals surface area (Å²) in [7, 11) is 1.80. The smallest absolute Gasteiger partial charge is 0.257 e. The number of aromatic nitrogens is 1. The van der Waals surface area contributed by atoms with Crippen LogP contribution in [0.2, 0.25) is 0 Å². The average molecular weight is 288 g/mol. The molecule has 2 saturated heterocycles. The highest BCUT2D eigenvalue weighted by Crippen LogP contribution is 2.27. The van der Waals surface area contributed by atoms with Crippen LogP contribution < -0.4 is 10.6 Å². The molecular weight excluding hydrogens is 268 g/mol. The number of anilines is 1. The molecule has 0 saturated carbocycles. The Morgan fingerprint density at radius 2 is 2.33 bits per heavy atom. The number of carbonyl (C=O) groups excluding carboxylic acids is 2. The lowest BCUT2D eigenvalue weighted by Crippen LogP contribution is -2.55. The van der Waals surface area contributed by atoms with Crippen LogP contribution in [-0.2, 0) is 4.79 Å². The zero-order valence-corrected chi connectivity index (χ0v) is 12.1. The summed E-state index contributed by atoms with van der Waals surface area (Å²) < 4.78 is 0. The first-order chi connectivity index (χ1) is 10.2. The number of likely N-dealkylation sites (tertiary alicyclic amines) is 1. The van der Waals surface area contributed by atoms with Gasteiger partial charge in [0.1, 0.15) is 0 Å². The maximum absolute atomic E-state index is 12.7. The molecule has 1 aromatic rings. The second-order valence-electron chi connectivity index (χ2n) is 5.68. The maximum atomic E-state index is 12.7. The van der Waals surface area contributed by atoms with E-state index in [-0.39, 0.29) is 17.9 Å². The molecule has 2 aliphatic rings. The van der Waals surface area contributed by atoms with Gasteiger partial charge in [-0.25, -0.2) is 0 Å². The molecule has 2 unspecified atom stereocenters. The van der Waals surface area contributed by atoms with Crippen molar-refractivity contribution in [3.63, 3.8) is 0 Å². The lowest BCUT2D eigenvalue weighted by atomic mass is 9.85. The fourth-order valence-electron chi connectivity index (χ4n) is 3.25. The molecule has 1 aromatic heterocycles. The first-order valence-electron chi connectivity index (χ1n) is 7.39. The van der Waals surface area contributed by atoms with E-state index >= 15 is 0 Å². The number of hydrogen-bond acceptors (Lipinski definition) is 4. The molecule has 112 valence electrons. The summed E-state index contributed by atoms with van der Waals surface area (Å²) in [6.45, 7) is 1.39. The van der Waals surface area contributed by atoms with Crippen LogP contribution in [0.15, 0.2) is 18.5 Å². The maximum Gasteiger partial charge on any atom is 0.257 e. The van der Waals surface area contributed by atoms with Gasteiger partial charge in [0, 0.05) is 50.7 Å². The summed E-state index contributed by atoms with van der Waals surface area (Å²) in [6.07, 6.45) is 5.55. The van der Waals surface area contributed by atoms with Crippen molar-refractivity contribution >= 4 is 17.5 Å². The Hall–Kier alpha value is -2.11. The Morgan fingerprint density at radius 3 is 3.14 bits per heavy atom. The predicted octanol–water partition coefficient (Wildman–Crippen LogP) is 0.864. The minimum atomic E-state index is 0.0165. The number of nitrogens with zero attached hydrogens (tertiary/aromatic N) is 2. The zero-order chi connectivity index (χ0) is 14.8. The van der Waals surface area contributed by atoms with Gasteiger partial charge in [-0.05, 0) is 24.8 Å². The summed E-state index contributed by atoms with van der Waals surface area (Å²) in [5.74, 6) is 0.527. The van der Waals surface area contributed by atoms with Crippen molar-refractivity contribution in [3.8, 4) is 0 Å². The van der Waals surface area contributed by atoms with Crippen molar-refractivity contribution < 1.29 is 9.59 Å². The van der Waals surface area contributed by atoms with E-state index in [4.69, 9.17) is 0 Å². The highest BCUT2D eigenvalue weighted by Gasteiger charge is 2.35. The summed E-state index contributed by atoms with van der Waals surface area (Å²) in [6, 6.07) is 2.04. The minimum Gasteiger partial charge on any atom is -0.387 e. The molecule has 6 heteroatoms. The van der Waals surface area contributed by atoms with Crippen molar-refractivity contribution in [2.75, 3.05) is 25.5 Å². The molecule has 3 rings (SSSR count). The third-order valence-corrected chi connectivity index (χ3v) is 4.43. The predicted molar refractivity (Wildman–Crippen MR) is 79.0 cm³/mol. The number of hydrogen-bond donors (Lipinski definition) is 2. The Kier molecular flexibility index (Phi) is 3.77. The first-order valence-corrected chi connectivity index (χ1v) is 7.39. The molecule has 0 spiro atoms. The molecule has 2 N–H and O–H groups in total. The van der Waals surface area contributed by atoms with E-state index in [0.29, 0.717) is 31.0 Å². The fourth-order valence-corrected chi connectivity index (χ4v) is 3.25. The number of fused-ring (bicyclic) bond motifs is 1.